The number of carbonyl (C=O) groups excluding carboxylic acids is 2. The van der Waals surface area contributed by atoms with Crippen molar-refractivity contribution >= 4 is 33.4 Å². The largest absolute Gasteiger partial charge is 0.493 e. The van der Waals surface area contributed by atoms with Gasteiger partial charge in [0.1, 0.15) is 12.3 Å². The lowest BCUT2D eigenvalue weighted by Gasteiger charge is -2.09. The van der Waals surface area contributed by atoms with Crippen LogP contribution in [0.1, 0.15) is 12.5 Å². The number of fused-ring (bicyclic) bond motifs is 1. The van der Waals surface area contributed by atoms with Crippen molar-refractivity contribution < 1.29 is 28.5 Å². The van der Waals surface area contributed by atoms with E-state index in [4.69, 9.17) is 18.9 Å². The Morgan fingerprint density at radius 1 is 1.06 bits per heavy atom. The summed E-state index contributed by atoms with van der Waals surface area (Å²) in [6.45, 7) is 3.66. The number of esters is 1. The van der Waals surface area contributed by atoms with Gasteiger partial charge in [-0.25, -0.2) is 0 Å². The molecule has 1 heterocycles. The molecule has 0 aliphatic heterocycles. The molecule has 3 rings (SSSR count). The highest BCUT2D eigenvalue weighted by Gasteiger charge is 2.16. The van der Waals surface area contributed by atoms with E-state index in [1.807, 2.05) is 19.1 Å². The summed E-state index contributed by atoms with van der Waals surface area (Å²) < 4.78 is 23.7. The molecule has 0 aliphatic rings. The SMILES string of the molecule is CCOC(=O)Cn1c(=NC(=O)COc2ccc(C)cc2)sc2cc(OC)c(OC)cc21. The van der Waals surface area contributed by atoms with Crippen LogP contribution in [0.5, 0.6) is 17.2 Å². The smallest absolute Gasteiger partial charge is 0.326 e. The topological polar surface area (TPSA) is 88.4 Å². The first-order valence-electron chi connectivity index (χ1n) is 9.63. The van der Waals surface area contributed by atoms with Crippen LogP contribution in [0.15, 0.2) is 41.4 Å². The maximum Gasteiger partial charge on any atom is 0.326 e. The van der Waals surface area contributed by atoms with Crippen LogP contribution in [0.2, 0.25) is 0 Å². The fourth-order valence-corrected chi connectivity index (χ4v) is 3.95. The lowest BCUT2D eigenvalue weighted by atomic mass is 10.2. The van der Waals surface area contributed by atoms with E-state index in [0.717, 1.165) is 10.3 Å². The molecule has 3 aromatic rings. The van der Waals surface area contributed by atoms with Gasteiger partial charge in [-0.05, 0) is 26.0 Å². The molecule has 8 nitrogen and oxygen atoms in total. The molecule has 164 valence electrons. The monoisotopic (exact) mass is 444 g/mol. The third-order valence-corrected chi connectivity index (χ3v) is 5.43. The van der Waals surface area contributed by atoms with Gasteiger partial charge in [-0.15, -0.1) is 0 Å². The van der Waals surface area contributed by atoms with Gasteiger partial charge in [-0.3, -0.25) is 9.59 Å². The van der Waals surface area contributed by atoms with Crippen molar-refractivity contribution in [2.45, 2.75) is 20.4 Å². The molecular weight excluding hydrogens is 420 g/mol. The number of rotatable bonds is 8. The maximum atomic E-state index is 12.5. The molecule has 9 heteroatoms. The molecule has 0 bridgehead atoms. The third-order valence-electron chi connectivity index (χ3n) is 4.38. The van der Waals surface area contributed by atoms with Crippen LogP contribution in [-0.2, 0) is 20.9 Å². The molecule has 0 fully saturated rings. The predicted molar refractivity (Wildman–Crippen MR) is 117 cm³/mol. The highest BCUT2D eigenvalue weighted by Crippen LogP contribution is 2.33. The zero-order valence-corrected chi connectivity index (χ0v) is 18.7. The van der Waals surface area contributed by atoms with E-state index >= 15 is 0 Å². The van der Waals surface area contributed by atoms with Crippen molar-refractivity contribution in [2.24, 2.45) is 4.99 Å². The summed E-state index contributed by atoms with van der Waals surface area (Å²) in [6.07, 6.45) is 0. The van der Waals surface area contributed by atoms with Crippen molar-refractivity contribution in [3.8, 4) is 17.2 Å². The Bertz CT molecular complexity index is 1150. The Hall–Kier alpha value is -3.33. The molecule has 0 saturated heterocycles. The second kappa shape index (κ2) is 10.1. The van der Waals surface area contributed by atoms with Crippen molar-refractivity contribution in [1.29, 1.82) is 0 Å². The van der Waals surface area contributed by atoms with Gasteiger partial charge in [-0.2, -0.15) is 4.99 Å². The van der Waals surface area contributed by atoms with E-state index in [9.17, 15) is 9.59 Å². The maximum absolute atomic E-state index is 12.5. The summed E-state index contributed by atoms with van der Waals surface area (Å²) in [5.74, 6) is 0.732. The minimum Gasteiger partial charge on any atom is -0.493 e. The minimum atomic E-state index is -0.469. The fourth-order valence-electron chi connectivity index (χ4n) is 2.89. The molecule has 1 aromatic heterocycles. The quantitative estimate of drug-likeness (QED) is 0.496. The number of carbonyl (C=O) groups is 2. The number of hydrogen-bond donors (Lipinski definition) is 0. The Labute approximate surface area is 183 Å². The van der Waals surface area contributed by atoms with Crippen molar-refractivity contribution in [3.05, 3.63) is 46.8 Å². The molecule has 0 saturated carbocycles. The number of amides is 1. The first kappa shape index (κ1) is 22.4. The van der Waals surface area contributed by atoms with Crippen LogP contribution in [0.3, 0.4) is 0 Å². The first-order valence-corrected chi connectivity index (χ1v) is 10.4. The second-order valence-electron chi connectivity index (χ2n) is 6.56. The van der Waals surface area contributed by atoms with E-state index in [1.54, 1.807) is 42.9 Å². The fraction of sp³-hybridized carbons (Fsp3) is 0.318. The van der Waals surface area contributed by atoms with Crippen LogP contribution < -0.4 is 19.0 Å². The second-order valence-corrected chi connectivity index (χ2v) is 7.57. The lowest BCUT2D eigenvalue weighted by Crippen LogP contribution is -2.24. The molecule has 0 radical (unpaired) electrons. The summed E-state index contributed by atoms with van der Waals surface area (Å²) in [5.41, 5.74) is 1.78. The van der Waals surface area contributed by atoms with Gasteiger partial charge in [0.2, 0.25) is 0 Å². The molecule has 0 aliphatic carbocycles. The molecule has 0 N–H and O–H groups in total. The Balaban J connectivity index is 1.96. The summed E-state index contributed by atoms with van der Waals surface area (Å²) in [5, 5.41) is 0. The van der Waals surface area contributed by atoms with Crippen molar-refractivity contribution in [1.82, 2.24) is 4.57 Å². The zero-order chi connectivity index (χ0) is 22.4. The van der Waals surface area contributed by atoms with Gasteiger partial charge in [0.25, 0.3) is 5.91 Å². The van der Waals surface area contributed by atoms with Gasteiger partial charge in [0.15, 0.2) is 22.9 Å². The highest BCUT2D eigenvalue weighted by molar-refractivity contribution is 7.16. The van der Waals surface area contributed by atoms with Crippen molar-refractivity contribution in [2.75, 3.05) is 27.4 Å². The Morgan fingerprint density at radius 3 is 2.39 bits per heavy atom. The van der Waals surface area contributed by atoms with Gasteiger partial charge in [0.05, 0.1) is 31.0 Å². The zero-order valence-electron chi connectivity index (χ0n) is 17.8. The summed E-state index contributed by atoms with van der Waals surface area (Å²) in [6, 6.07) is 10.9. The molecule has 0 spiro atoms. The van der Waals surface area contributed by atoms with Gasteiger partial charge >= 0.3 is 5.97 Å². The Morgan fingerprint density at radius 2 is 1.74 bits per heavy atom. The molecule has 1 amide bonds. The van der Waals surface area contributed by atoms with Crippen molar-refractivity contribution in [3.63, 3.8) is 0 Å². The average Bonchev–Trinajstić information content (AvgIpc) is 3.08. The van der Waals surface area contributed by atoms with Crippen LogP contribution in [-0.4, -0.2) is 43.9 Å². The summed E-state index contributed by atoms with van der Waals surface area (Å²) in [4.78, 5) is 29.2. The molecule has 2 aromatic carbocycles. The number of thiazole rings is 1. The van der Waals surface area contributed by atoms with E-state index in [2.05, 4.69) is 4.99 Å². The number of aryl methyl sites for hydroxylation is 1. The van der Waals surface area contributed by atoms with Gasteiger partial charge in [-0.1, -0.05) is 29.0 Å². The molecule has 31 heavy (non-hydrogen) atoms. The first-order chi connectivity index (χ1) is 14.9. The number of methoxy groups -OCH3 is 2. The van der Waals surface area contributed by atoms with E-state index in [-0.39, 0.29) is 19.8 Å². The summed E-state index contributed by atoms with van der Waals surface area (Å²) >= 11 is 1.26. The van der Waals surface area contributed by atoms with E-state index < -0.39 is 11.9 Å². The Kier molecular flexibility index (Phi) is 7.30. The number of aromatic nitrogens is 1. The standard InChI is InChI=1S/C22H24N2O6S/c1-5-29-21(26)12-24-16-10-17(27-3)18(28-4)11-19(16)31-22(24)23-20(25)13-30-15-8-6-14(2)7-9-15/h6-11H,5,12-13H2,1-4H3. The average molecular weight is 445 g/mol. The van der Waals surface area contributed by atoms with Gasteiger partial charge in [0, 0.05) is 12.1 Å². The van der Waals surface area contributed by atoms with Crippen LogP contribution in [0, 0.1) is 6.92 Å². The molecule has 0 unspecified atom stereocenters. The van der Waals surface area contributed by atoms with E-state index in [0.29, 0.717) is 27.6 Å². The highest BCUT2D eigenvalue weighted by atomic mass is 32.1. The van der Waals surface area contributed by atoms with Crippen LogP contribution >= 0.6 is 11.3 Å². The number of hydrogen-bond acceptors (Lipinski definition) is 7. The normalized spacial score (nSPS) is 11.4. The lowest BCUT2D eigenvalue weighted by molar-refractivity contribution is -0.143. The summed E-state index contributed by atoms with van der Waals surface area (Å²) in [7, 11) is 3.07. The number of benzene rings is 2. The van der Waals surface area contributed by atoms with Crippen LogP contribution in [0.4, 0.5) is 0 Å². The number of nitrogens with zero attached hydrogens (tertiary/aromatic N) is 2. The minimum absolute atomic E-state index is 0.0890. The molecule has 0 atom stereocenters. The van der Waals surface area contributed by atoms with Gasteiger partial charge < -0.3 is 23.5 Å². The number of ether oxygens (including phenoxy) is 4. The van der Waals surface area contributed by atoms with Crippen LogP contribution in [0.25, 0.3) is 10.2 Å². The predicted octanol–water partition coefficient (Wildman–Crippen LogP) is 3.10. The van der Waals surface area contributed by atoms with E-state index in [1.165, 1.54) is 18.4 Å². The molecular formula is C22H24N2O6S. The third kappa shape index (κ3) is 5.43.